The normalized spacial score (nSPS) is 13.7. The Morgan fingerprint density at radius 3 is 2.38 bits per heavy atom. The molecule has 7 nitrogen and oxygen atoms in total. The van der Waals surface area contributed by atoms with Crippen LogP contribution in [0.4, 0.5) is 0 Å². The smallest absolute Gasteiger partial charge is 0.253 e. The van der Waals surface area contributed by atoms with Crippen LogP contribution in [0.25, 0.3) is 0 Å². The predicted molar refractivity (Wildman–Crippen MR) is 130 cm³/mol. The minimum absolute atomic E-state index is 0.00369. The third kappa shape index (κ3) is 5.47. The van der Waals surface area contributed by atoms with Crippen molar-refractivity contribution in [3.05, 3.63) is 100 Å². The molecular weight excluding hydrogens is 474 g/mol. The lowest BCUT2D eigenvalue weighted by Gasteiger charge is -2.28. The van der Waals surface area contributed by atoms with Gasteiger partial charge in [-0.3, -0.25) is 9.59 Å². The molecule has 1 heterocycles. The third-order valence-electron chi connectivity index (χ3n) is 5.66. The van der Waals surface area contributed by atoms with Crippen molar-refractivity contribution >= 4 is 33.4 Å². The second-order valence-corrected chi connectivity index (χ2v) is 10.3. The maximum absolute atomic E-state index is 13.3. The summed E-state index contributed by atoms with van der Waals surface area (Å²) >= 11 is 6.18. The van der Waals surface area contributed by atoms with Crippen molar-refractivity contribution in [2.45, 2.75) is 24.4 Å². The molecule has 4 rings (SSSR count). The molecule has 0 aromatic heterocycles. The van der Waals surface area contributed by atoms with E-state index in [1.54, 1.807) is 0 Å². The van der Waals surface area contributed by atoms with Gasteiger partial charge in [-0.05, 0) is 41.3 Å². The standard InChI is InChI=1S/C25H24ClN3O4S/c26-23-11-10-21(34(32,33)29-13-12-19-8-4-5-9-20(19)17-29)14-22(23)25(31)28-16-24(30)27-15-18-6-2-1-3-7-18/h1-11,14H,12-13,15-17H2,(H,27,30)(H,28,31). The van der Waals surface area contributed by atoms with Crippen molar-refractivity contribution in [2.24, 2.45) is 0 Å². The summed E-state index contributed by atoms with van der Waals surface area (Å²) in [7, 11) is -3.83. The molecule has 1 aliphatic heterocycles. The second kappa shape index (κ2) is 10.4. The van der Waals surface area contributed by atoms with Crippen LogP contribution in [-0.2, 0) is 34.3 Å². The molecule has 9 heteroatoms. The van der Waals surface area contributed by atoms with Crippen LogP contribution < -0.4 is 10.6 Å². The summed E-state index contributed by atoms with van der Waals surface area (Å²) in [5.74, 6) is -0.995. The van der Waals surface area contributed by atoms with Gasteiger partial charge in [0.15, 0.2) is 0 Å². The number of carbonyl (C=O) groups excluding carboxylic acids is 2. The quantitative estimate of drug-likeness (QED) is 0.524. The second-order valence-electron chi connectivity index (χ2n) is 7.94. The Bertz CT molecular complexity index is 1310. The molecule has 2 N–H and O–H groups in total. The van der Waals surface area contributed by atoms with Crippen molar-refractivity contribution < 1.29 is 18.0 Å². The van der Waals surface area contributed by atoms with E-state index >= 15 is 0 Å². The Morgan fingerprint density at radius 2 is 1.62 bits per heavy atom. The molecule has 0 atom stereocenters. The fourth-order valence-corrected chi connectivity index (χ4v) is 5.43. The van der Waals surface area contributed by atoms with Gasteiger partial charge in [-0.15, -0.1) is 0 Å². The molecular formula is C25H24ClN3O4S. The first-order chi connectivity index (χ1) is 16.3. The van der Waals surface area contributed by atoms with E-state index in [0.29, 0.717) is 19.5 Å². The molecule has 3 aromatic rings. The molecule has 0 bridgehead atoms. The van der Waals surface area contributed by atoms with Gasteiger partial charge in [0.2, 0.25) is 15.9 Å². The maximum atomic E-state index is 13.3. The molecule has 176 valence electrons. The van der Waals surface area contributed by atoms with Crippen LogP contribution in [-0.4, -0.2) is 37.6 Å². The van der Waals surface area contributed by atoms with Crippen molar-refractivity contribution in [1.29, 1.82) is 0 Å². The lowest BCUT2D eigenvalue weighted by atomic mass is 10.0. The minimum Gasteiger partial charge on any atom is -0.350 e. The number of hydrogen-bond donors (Lipinski definition) is 2. The molecule has 0 radical (unpaired) electrons. The molecule has 3 aromatic carbocycles. The summed E-state index contributed by atoms with van der Waals surface area (Å²) in [4.78, 5) is 24.8. The number of nitrogens with one attached hydrogen (secondary N) is 2. The zero-order valence-electron chi connectivity index (χ0n) is 18.3. The molecule has 1 aliphatic rings. The SMILES string of the molecule is O=C(CNC(=O)c1cc(S(=O)(=O)N2CCc3ccccc3C2)ccc1Cl)NCc1ccccc1. The summed E-state index contributed by atoms with van der Waals surface area (Å²) in [5.41, 5.74) is 3.03. The molecule has 0 saturated carbocycles. The van der Waals surface area contributed by atoms with Gasteiger partial charge in [0.1, 0.15) is 0 Å². The van der Waals surface area contributed by atoms with E-state index < -0.39 is 15.9 Å². The zero-order valence-corrected chi connectivity index (χ0v) is 19.9. The predicted octanol–water partition coefficient (Wildman–Crippen LogP) is 3.13. The molecule has 0 spiro atoms. The Labute approximate surface area is 203 Å². The van der Waals surface area contributed by atoms with E-state index in [2.05, 4.69) is 10.6 Å². The van der Waals surface area contributed by atoms with Gasteiger partial charge in [-0.25, -0.2) is 8.42 Å². The lowest BCUT2D eigenvalue weighted by Crippen LogP contribution is -2.37. The maximum Gasteiger partial charge on any atom is 0.253 e. The van der Waals surface area contributed by atoms with Gasteiger partial charge in [-0.1, -0.05) is 66.2 Å². The molecule has 0 saturated heterocycles. The van der Waals surface area contributed by atoms with Crippen LogP contribution in [0.15, 0.2) is 77.7 Å². The average Bonchev–Trinajstić information content (AvgIpc) is 2.86. The van der Waals surface area contributed by atoms with E-state index in [1.165, 1.54) is 22.5 Å². The Balaban J connectivity index is 1.42. The number of rotatable bonds is 7. The molecule has 0 aliphatic carbocycles. The van der Waals surface area contributed by atoms with Gasteiger partial charge < -0.3 is 10.6 Å². The number of nitrogens with zero attached hydrogens (tertiary/aromatic N) is 1. The van der Waals surface area contributed by atoms with E-state index in [1.807, 2.05) is 54.6 Å². The van der Waals surface area contributed by atoms with Gasteiger partial charge in [0.25, 0.3) is 5.91 Å². The Hall–Kier alpha value is -3.20. The topological polar surface area (TPSA) is 95.6 Å². The number of carbonyl (C=O) groups is 2. The summed E-state index contributed by atoms with van der Waals surface area (Å²) < 4.78 is 27.9. The molecule has 0 fully saturated rings. The Kier molecular flexibility index (Phi) is 7.31. The molecule has 34 heavy (non-hydrogen) atoms. The van der Waals surface area contributed by atoms with E-state index in [0.717, 1.165) is 16.7 Å². The van der Waals surface area contributed by atoms with Crippen LogP contribution in [0.1, 0.15) is 27.0 Å². The van der Waals surface area contributed by atoms with Crippen LogP contribution in [0.5, 0.6) is 0 Å². The highest BCUT2D eigenvalue weighted by molar-refractivity contribution is 7.89. The van der Waals surface area contributed by atoms with Crippen molar-refractivity contribution in [3.8, 4) is 0 Å². The van der Waals surface area contributed by atoms with Crippen molar-refractivity contribution in [2.75, 3.05) is 13.1 Å². The van der Waals surface area contributed by atoms with E-state index in [4.69, 9.17) is 11.6 Å². The lowest BCUT2D eigenvalue weighted by molar-refractivity contribution is -0.120. The number of halogens is 1. The first-order valence-corrected chi connectivity index (χ1v) is 12.6. The van der Waals surface area contributed by atoms with Crippen LogP contribution in [0.3, 0.4) is 0 Å². The summed E-state index contributed by atoms with van der Waals surface area (Å²) in [5, 5.41) is 5.32. The number of sulfonamides is 1. The number of amides is 2. The average molecular weight is 498 g/mol. The van der Waals surface area contributed by atoms with Crippen molar-refractivity contribution in [1.82, 2.24) is 14.9 Å². The minimum atomic E-state index is -3.83. The van der Waals surface area contributed by atoms with Crippen molar-refractivity contribution in [3.63, 3.8) is 0 Å². The highest BCUT2D eigenvalue weighted by Gasteiger charge is 2.29. The van der Waals surface area contributed by atoms with E-state index in [9.17, 15) is 18.0 Å². The van der Waals surface area contributed by atoms with Gasteiger partial charge in [0, 0.05) is 19.6 Å². The van der Waals surface area contributed by atoms with Crippen LogP contribution in [0.2, 0.25) is 5.02 Å². The van der Waals surface area contributed by atoms with Gasteiger partial charge >= 0.3 is 0 Å². The molecule has 0 unspecified atom stereocenters. The van der Waals surface area contributed by atoms with Crippen LogP contribution >= 0.6 is 11.6 Å². The zero-order chi connectivity index (χ0) is 24.1. The largest absolute Gasteiger partial charge is 0.350 e. The fraction of sp³-hybridized carbons (Fsp3) is 0.200. The summed E-state index contributed by atoms with van der Waals surface area (Å²) in [6, 6.07) is 21.2. The van der Waals surface area contributed by atoms with Gasteiger partial charge in [0.05, 0.1) is 22.0 Å². The number of fused-ring (bicyclic) bond motifs is 1. The highest BCUT2D eigenvalue weighted by Crippen LogP contribution is 2.27. The summed E-state index contributed by atoms with van der Waals surface area (Å²) in [6.07, 6.45) is 0.619. The molecule has 2 amide bonds. The first-order valence-electron chi connectivity index (χ1n) is 10.8. The monoisotopic (exact) mass is 497 g/mol. The van der Waals surface area contributed by atoms with Gasteiger partial charge in [-0.2, -0.15) is 4.31 Å². The van der Waals surface area contributed by atoms with E-state index in [-0.39, 0.29) is 34.5 Å². The number of benzene rings is 3. The summed E-state index contributed by atoms with van der Waals surface area (Å²) in [6.45, 7) is 0.695. The Morgan fingerprint density at radius 1 is 0.912 bits per heavy atom. The fourth-order valence-electron chi connectivity index (χ4n) is 3.78. The third-order valence-corrected chi connectivity index (χ3v) is 7.83. The highest BCUT2D eigenvalue weighted by atomic mass is 35.5. The first kappa shape index (κ1) is 23.9. The number of hydrogen-bond acceptors (Lipinski definition) is 4. The van der Waals surface area contributed by atoms with Crippen LogP contribution in [0, 0.1) is 0 Å².